The Morgan fingerprint density at radius 1 is 1.12 bits per heavy atom. The number of nitrogens with zero attached hydrogens (tertiary/aromatic N) is 2. The number of thioether (sulfide) groups is 1. The van der Waals surface area contributed by atoms with Gasteiger partial charge in [0, 0.05) is 30.8 Å². The zero-order chi connectivity index (χ0) is 24.8. The first-order valence-electron chi connectivity index (χ1n) is 9.87. The molecule has 1 aliphatic heterocycles. The number of carbonyl (C=O) groups excluding carboxylic acids is 3. The number of ether oxygens (including phenoxy) is 3. The SMILES string of the molecule is COc1cc(C=C2SC(=O)N(CCNC(=O)c3cccc([N+](=O)[O-])c3)C2=O)cc(OC)c1OC. The van der Waals surface area contributed by atoms with Gasteiger partial charge in [-0.15, -0.1) is 0 Å². The third-order valence-electron chi connectivity index (χ3n) is 4.80. The van der Waals surface area contributed by atoms with Crippen molar-refractivity contribution in [1.29, 1.82) is 0 Å². The molecule has 3 rings (SSSR count). The molecule has 2 aromatic carbocycles. The monoisotopic (exact) mass is 487 g/mol. The molecular formula is C22H21N3O8S. The van der Waals surface area contributed by atoms with Gasteiger partial charge in [0.1, 0.15) is 0 Å². The molecule has 0 bridgehead atoms. The average Bonchev–Trinajstić information content (AvgIpc) is 3.10. The third-order valence-corrected chi connectivity index (χ3v) is 5.71. The Labute approximate surface area is 198 Å². The van der Waals surface area contributed by atoms with Crippen LogP contribution in [0.5, 0.6) is 17.2 Å². The van der Waals surface area contributed by atoms with Crippen LogP contribution in [0.1, 0.15) is 15.9 Å². The van der Waals surface area contributed by atoms with Gasteiger partial charge in [0.2, 0.25) is 5.75 Å². The number of imide groups is 1. The fraction of sp³-hybridized carbons (Fsp3) is 0.227. The number of nitro groups is 1. The molecule has 178 valence electrons. The highest BCUT2D eigenvalue weighted by atomic mass is 32.2. The van der Waals surface area contributed by atoms with Crippen molar-refractivity contribution in [3.63, 3.8) is 0 Å². The Morgan fingerprint density at radius 3 is 2.38 bits per heavy atom. The second-order valence-electron chi connectivity index (χ2n) is 6.86. The van der Waals surface area contributed by atoms with Crippen LogP contribution in [-0.2, 0) is 4.79 Å². The highest BCUT2D eigenvalue weighted by molar-refractivity contribution is 8.18. The summed E-state index contributed by atoms with van der Waals surface area (Å²) in [6.45, 7) is -0.0744. The molecule has 0 aliphatic carbocycles. The number of hydrogen-bond donors (Lipinski definition) is 1. The maximum Gasteiger partial charge on any atom is 0.293 e. The summed E-state index contributed by atoms with van der Waals surface area (Å²) < 4.78 is 15.9. The maximum absolute atomic E-state index is 12.8. The molecule has 0 radical (unpaired) electrons. The summed E-state index contributed by atoms with van der Waals surface area (Å²) in [5.74, 6) is 0.138. The van der Waals surface area contributed by atoms with Crippen LogP contribution in [0.15, 0.2) is 41.3 Å². The first kappa shape index (κ1) is 24.6. The number of methoxy groups -OCH3 is 3. The van der Waals surface area contributed by atoms with Gasteiger partial charge in [0.25, 0.3) is 22.7 Å². The summed E-state index contributed by atoms with van der Waals surface area (Å²) >= 11 is 0.772. The lowest BCUT2D eigenvalue weighted by Crippen LogP contribution is -2.37. The maximum atomic E-state index is 12.8. The number of hydrogen-bond acceptors (Lipinski definition) is 9. The van der Waals surface area contributed by atoms with Crippen molar-refractivity contribution in [3.8, 4) is 17.2 Å². The molecular weight excluding hydrogens is 466 g/mol. The van der Waals surface area contributed by atoms with Crippen molar-refractivity contribution in [2.24, 2.45) is 0 Å². The Bertz CT molecular complexity index is 1160. The molecule has 1 fully saturated rings. The molecule has 1 aliphatic rings. The second kappa shape index (κ2) is 10.7. The lowest BCUT2D eigenvalue weighted by atomic mass is 10.1. The molecule has 34 heavy (non-hydrogen) atoms. The normalized spacial score (nSPS) is 14.3. The van der Waals surface area contributed by atoms with E-state index in [9.17, 15) is 24.5 Å². The predicted molar refractivity (Wildman–Crippen MR) is 124 cm³/mol. The average molecular weight is 487 g/mol. The minimum Gasteiger partial charge on any atom is -0.493 e. The van der Waals surface area contributed by atoms with Crippen LogP contribution in [0.2, 0.25) is 0 Å². The van der Waals surface area contributed by atoms with E-state index in [-0.39, 0.29) is 29.2 Å². The highest BCUT2D eigenvalue weighted by Gasteiger charge is 2.34. The van der Waals surface area contributed by atoms with E-state index in [1.807, 2.05) is 0 Å². The molecule has 1 N–H and O–H groups in total. The molecule has 0 aromatic heterocycles. The Hall–Kier alpha value is -4.06. The predicted octanol–water partition coefficient (Wildman–Crippen LogP) is 3.09. The van der Waals surface area contributed by atoms with Gasteiger partial charge in [0.05, 0.1) is 31.2 Å². The largest absolute Gasteiger partial charge is 0.493 e. The van der Waals surface area contributed by atoms with Crippen LogP contribution < -0.4 is 19.5 Å². The second-order valence-corrected chi connectivity index (χ2v) is 7.85. The van der Waals surface area contributed by atoms with Gasteiger partial charge in [-0.1, -0.05) is 6.07 Å². The summed E-state index contributed by atoms with van der Waals surface area (Å²) in [6.07, 6.45) is 1.54. The number of benzene rings is 2. The van der Waals surface area contributed by atoms with E-state index in [0.29, 0.717) is 22.8 Å². The molecule has 11 nitrogen and oxygen atoms in total. The fourth-order valence-corrected chi connectivity index (χ4v) is 4.04. The van der Waals surface area contributed by atoms with Crippen LogP contribution in [-0.4, -0.2) is 61.3 Å². The van der Waals surface area contributed by atoms with E-state index >= 15 is 0 Å². The number of nitro benzene ring substituents is 1. The molecule has 1 saturated heterocycles. The molecule has 0 atom stereocenters. The molecule has 0 unspecified atom stereocenters. The summed E-state index contributed by atoms with van der Waals surface area (Å²) in [4.78, 5) is 48.9. The standard InChI is InChI=1S/C22H21N3O8S/c1-31-16-9-13(10-17(32-2)19(16)33-3)11-18-21(27)24(22(28)34-18)8-7-23-20(26)14-5-4-6-15(12-14)25(29)30/h4-6,9-12H,7-8H2,1-3H3,(H,23,26). The lowest BCUT2D eigenvalue weighted by Gasteiger charge is -2.13. The van der Waals surface area contributed by atoms with E-state index < -0.39 is 22.0 Å². The van der Waals surface area contributed by atoms with Crippen LogP contribution in [0.3, 0.4) is 0 Å². The van der Waals surface area contributed by atoms with Gasteiger partial charge >= 0.3 is 0 Å². The summed E-state index contributed by atoms with van der Waals surface area (Å²) in [6, 6.07) is 8.55. The molecule has 0 saturated carbocycles. The van der Waals surface area contributed by atoms with E-state index in [0.717, 1.165) is 22.7 Å². The molecule has 0 spiro atoms. The van der Waals surface area contributed by atoms with E-state index in [1.165, 1.54) is 45.6 Å². The minimum absolute atomic E-state index is 0.0168. The van der Waals surface area contributed by atoms with Crippen LogP contribution in [0, 0.1) is 10.1 Å². The minimum atomic E-state index is -0.600. The van der Waals surface area contributed by atoms with Gasteiger partial charge in [-0.3, -0.25) is 29.4 Å². The topological polar surface area (TPSA) is 137 Å². The quantitative estimate of drug-likeness (QED) is 0.321. The number of non-ortho nitro benzene ring substituents is 1. The number of carbonyl (C=O) groups is 3. The van der Waals surface area contributed by atoms with Gasteiger partial charge < -0.3 is 19.5 Å². The highest BCUT2D eigenvalue weighted by Crippen LogP contribution is 2.40. The van der Waals surface area contributed by atoms with Crippen molar-refractivity contribution in [2.45, 2.75) is 0 Å². The first-order valence-corrected chi connectivity index (χ1v) is 10.7. The van der Waals surface area contributed by atoms with Crippen LogP contribution >= 0.6 is 11.8 Å². The third kappa shape index (κ3) is 5.29. The van der Waals surface area contributed by atoms with Crippen LogP contribution in [0.25, 0.3) is 6.08 Å². The van der Waals surface area contributed by atoms with Crippen molar-refractivity contribution in [3.05, 3.63) is 62.5 Å². The van der Waals surface area contributed by atoms with Crippen molar-refractivity contribution in [2.75, 3.05) is 34.4 Å². The van der Waals surface area contributed by atoms with Crippen LogP contribution in [0.4, 0.5) is 10.5 Å². The van der Waals surface area contributed by atoms with Gasteiger partial charge in [-0.05, 0) is 41.6 Å². The smallest absolute Gasteiger partial charge is 0.293 e. The van der Waals surface area contributed by atoms with Gasteiger partial charge in [-0.2, -0.15) is 0 Å². The zero-order valence-electron chi connectivity index (χ0n) is 18.5. The van der Waals surface area contributed by atoms with Crippen molar-refractivity contribution < 1.29 is 33.5 Å². The summed E-state index contributed by atoms with van der Waals surface area (Å²) in [7, 11) is 4.41. The number of rotatable bonds is 9. The van der Waals surface area contributed by atoms with E-state index in [4.69, 9.17) is 14.2 Å². The van der Waals surface area contributed by atoms with Crippen molar-refractivity contribution in [1.82, 2.24) is 10.2 Å². The molecule has 2 aromatic rings. The molecule has 3 amide bonds. The zero-order valence-corrected chi connectivity index (χ0v) is 19.3. The Kier molecular flexibility index (Phi) is 7.74. The molecule has 1 heterocycles. The molecule has 12 heteroatoms. The van der Waals surface area contributed by atoms with Crippen molar-refractivity contribution >= 4 is 40.6 Å². The fourth-order valence-electron chi connectivity index (χ4n) is 3.17. The summed E-state index contributed by atoms with van der Waals surface area (Å²) in [5.41, 5.74) is 0.458. The van der Waals surface area contributed by atoms with E-state index in [2.05, 4.69) is 5.32 Å². The van der Waals surface area contributed by atoms with Gasteiger partial charge in [-0.25, -0.2) is 0 Å². The van der Waals surface area contributed by atoms with E-state index in [1.54, 1.807) is 12.1 Å². The summed E-state index contributed by atoms with van der Waals surface area (Å²) in [5, 5.41) is 12.9. The number of amides is 3. The Balaban J connectivity index is 1.68. The Morgan fingerprint density at radius 2 is 1.79 bits per heavy atom. The van der Waals surface area contributed by atoms with Gasteiger partial charge in [0.15, 0.2) is 11.5 Å². The number of nitrogens with one attached hydrogen (secondary N) is 1. The first-order chi connectivity index (χ1) is 16.3. The lowest BCUT2D eigenvalue weighted by molar-refractivity contribution is -0.384.